The van der Waals surface area contributed by atoms with Gasteiger partial charge in [0.25, 0.3) is 0 Å². The quantitative estimate of drug-likeness (QED) is 0.0811. The van der Waals surface area contributed by atoms with E-state index in [1.165, 1.54) is 6.08 Å². The van der Waals surface area contributed by atoms with Gasteiger partial charge in [-0.15, -0.1) is 0 Å². The molecule has 332 valence electrons. The molecule has 1 aliphatic carbocycles. The summed E-state index contributed by atoms with van der Waals surface area (Å²) >= 11 is 0. The van der Waals surface area contributed by atoms with E-state index in [9.17, 15) is 34.8 Å². The number of benzene rings is 1. The number of amides is 2. The van der Waals surface area contributed by atoms with Crippen LogP contribution < -0.4 is 26.8 Å². The number of aliphatic carboxylic acids is 1. The Balaban J connectivity index is 1.01. The van der Waals surface area contributed by atoms with E-state index in [-0.39, 0.29) is 25.5 Å². The summed E-state index contributed by atoms with van der Waals surface area (Å²) in [6, 6.07) is 7.26. The predicted octanol–water partition coefficient (Wildman–Crippen LogP) is 0.534. The van der Waals surface area contributed by atoms with E-state index in [1.807, 2.05) is 18.3 Å². The van der Waals surface area contributed by atoms with Crippen LogP contribution in [-0.4, -0.2) is 159 Å². The fourth-order valence-electron chi connectivity index (χ4n) is 7.52. The highest BCUT2D eigenvalue weighted by atomic mass is 16.7. The highest BCUT2D eigenvalue weighted by molar-refractivity contribution is 5.87. The lowest BCUT2D eigenvalue weighted by molar-refractivity contribution is -0.301. The summed E-state index contributed by atoms with van der Waals surface area (Å²) in [5, 5.41) is 46.3. The summed E-state index contributed by atoms with van der Waals surface area (Å²) in [4.78, 5) is 50.1. The van der Waals surface area contributed by atoms with Gasteiger partial charge in [0.05, 0.1) is 25.2 Å². The number of aliphatic hydroxyl groups is 3. The molecule has 10 N–H and O–H groups in total. The second-order valence-electron chi connectivity index (χ2n) is 15.3. The fourth-order valence-corrected chi connectivity index (χ4v) is 7.52. The number of ether oxygens (including phenoxy) is 4. The molecule has 3 aliphatic rings. The number of anilines is 2. The van der Waals surface area contributed by atoms with Crippen LogP contribution in [-0.2, 0) is 36.9 Å². The number of nitrogens with zero attached hydrogens (tertiary/aromatic N) is 5. The zero-order valence-corrected chi connectivity index (χ0v) is 34.4. The van der Waals surface area contributed by atoms with Gasteiger partial charge in [-0.25, -0.2) is 14.6 Å². The van der Waals surface area contributed by atoms with Crippen LogP contribution in [0.3, 0.4) is 0 Å². The molecule has 2 saturated heterocycles. The van der Waals surface area contributed by atoms with Gasteiger partial charge in [-0.05, 0) is 29.7 Å². The van der Waals surface area contributed by atoms with Gasteiger partial charge in [-0.2, -0.15) is 4.98 Å². The summed E-state index contributed by atoms with van der Waals surface area (Å²) in [5.41, 5.74) is 15.8. The number of hydrogen-bond donors (Lipinski definition) is 8. The van der Waals surface area contributed by atoms with Gasteiger partial charge < -0.3 is 70.9 Å². The van der Waals surface area contributed by atoms with Crippen LogP contribution in [0.2, 0.25) is 0 Å². The molecule has 3 aromatic rings. The standard InChI is InChI=1S/C41H57N9O11/c1-3-4-5-13-44-37-32-27(46-40(43)47-37)11-14-50(32)22-26-8-6-24(20-30(26)58-2)21-48-15-17-49(18-16-48)41(57)59-23-25-7-9-29(28(19-25)45-31(51)10-12-42)60-39-35(54)33(52)34(53)36(61-39)38(55)56/h6-9,11,14,19-20,28-29,33-36,39,52-54H,3-5,10,12-13,15-18,21-23,42H2,1-2H3,(H,45,51)(H,55,56)(H3,43,44,46,47)/t28?,29?,33-,34-,35+,36-,39+/m0/s1. The summed E-state index contributed by atoms with van der Waals surface area (Å²) in [5.74, 6) is -0.280. The Bertz CT molecular complexity index is 2050. The van der Waals surface area contributed by atoms with E-state index in [1.54, 1.807) is 24.2 Å². The Morgan fingerprint density at radius 1 is 1.02 bits per heavy atom. The number of carboxylic acid groups (broad SMARTS) is 1. The molecule has 61 heavy (non-hydrogen) atoms. The summed E-state index contributed by atoms with van der Waals surface area (Å²) in [6.45, 7) is 6.23. The monoisotopic (exact) mass is 851 g/mol. The normalized spacial score (nSPS) is 24.3. The van der Waals surface area contributed by atoms with Crippen LogP contribution >= 0.6 is 0 Å². The van der Waals surface area contributed by atoms with Crippen LogP contribution in [0.25, 0.3) is 11.0 Å². The van der Waals surface area contributed by atoms with Crippen molar-refractivity contribution in [2.75, 3.05) is 64.0 Å². The van der Waals surface area contributed by atoms with E-state index < -0.39 is 60.8 Å². The molecule has 1 aromatic carbocycles. The number of carboxylic acids is 1. The SMILES string of the molecule is CCCCCNc1nc(N)nc2ccn(Cc3ccc(CN4CCN(C(=O)OCC5=CC(NC(=O)CCN)C(O[C@@H]6O[C@H](C(=O)O)[C@@H](O)[C@H](O)[C@H]6O)C=C5)CC4)cc3OC)c12. The molecule has 0 saturated carbocycles. The maximum absolute atomic E-state index is 13.2. The van der Waals surface area contributed by atoms with Crippen molar-refractivity contribution in [2.24, 2.45) is 5.73 Å². The molecular weight excluding hydrogens is 795 g/mol. The molecule has 4 heterocycles. The molecular formula is C41H57N9O11. The maximum Gasteiger partial charge on any atom is 0.410 e. The first-order valence-corrected chi connectivity index (χ1v) is 20.5. The molecule has 20 heteroatoms. The van der Waals surface area contributed by atoms with E-state index in [2.05, 4.69) is 49.1 Å². The van der Waals surface area contributed by atoms with Crippen LogP contribution in [0.1, 0.15) is 43.7 Å². The molecule has 0 radical (unpaired) electrons. The first-order chi connectivity index (χ1) is 29.4. The second kappa shape index (κ2) is 21.0. The molecule has 2 unspecified atom stereocenters. The Labute approximate surface area is 353 Å². The first kappa shape index (κ1) is 45.2. The van der Waals surface area contributed by atoms with Crippen molar-refractivity contribution in [3.05, 3.63) is 65.4 Å². The van der Waals surface area contributed by atoms with Gasteiger partial charge in [0.1, 0.15) is 42.3 Å². The van der Waals surface area contributed by atoms with Gasteiger partial charge in [0.15, 0.2) is 18.2 Å². The van der Waals surface area contributed by atoms with Crippen molar-refractivity contribution in [1.29, 1.82) is 0 Å². The largest absolute Gasteiger partial charge is 0.496 e. The number of aromatic nitrogens is 3. The number of nitrogen functional groups attached to an aromatic ring is 1. The number of nitrogens with one attached hydrogen (secondary N) is 2. The number of carbonyl (C=O) groups excluding carboxylic acids is 2. The molecule has 0 bridgehead atoms. The van der Waals surface area contributed by atoms with Crippen LogP contribution in [0.4, 0.5) is 16.6 Å². The zero-order chi connectivity index (χ0) is 43.6. The number of nitrogens with two attached hydrogens (primary N) is 2. The third-order valence-corrected chi connectivity index (χ3v) is 10.8. The zero-order valence-electron chi connectivity index (χ0n) is 34.4. The molecule has 0 spiro atoms. The minimum absolute atomic E-state index is 0.00135. The Hall–Kier alpha value is -5.35. The number of fused-ring (bicyclic) bond motifs is 1. The topological polar surface area (TPSA) is 282 Å². The molecule has 2 aromatic heterocycles. The minimum atomic E-state index is -1.89. The van der Waals surface area contributed by atoms with E-state index in [4.69, 9.17) is 30.4 Å². The van der Waals surface area contributed by atoms with Gasteiger partial charge >= 0.3 is 12.1 Å². The van der Waals surface area contributed by atoms with Gasteiger partial charge in [0, 0.05) is 64.0 Å². The lowest BCUT2D eigenvalue weighted by atomic mass is 9.97. The molecule has 20 nitrogen and oxygen atoms in total. The molecule has 2 amide bonds. The number of hydrogen-bond acceptors (Lipinski definition) is 16. The van der Waals surface area contributed by atoms with Gasteiger partial charge in [-0.1, -0.05) is 50.1 Å². The van der Waals surface area contributed by atoms with Crippen molar-refractivity contribution >= 4 is 40.8 Å². The summed E-state index contributed by atoms with van der Waals surface area (Å²) in [7, 11) is 1.66. The van der Waals surface area contributed by atoms with E-state index in [0.717, 1.165) is 53.7 Å². The van der Waals surface area contributed by atoms with Crippen molar-refractivity contribution in [1.82, 2.24) is 29.7 Å². The summed E-state index contributed by atoms with van der Waals surface area (Å²) in [6.07, 6.45) is -0.564. The Kier molecular flexibility index (Phi) is 15.5. The van der Waals surface area contributed by atoms with Crippen molar-refractivity contribution in [2.45, 2.75) is 88.5 Å². The number of piperazine rings is 1. The second-order valence-corrected chi connectivity index (χ2v) is 15.3. The number of carbonyl (C=O) groups is 3. The highest BCUT2D eigenvalue weighted by Crippen LogP contribution is 2.29. The fraction of sp³-hybridized carbons (Fsp3) is 0.537. The Morgan fingerprint density at radius 2 is 1.80 bits per heavy atom. The van der Waals surface area contributed by atoms with Crippen LogP contribution in [0.5, 0.6) is 5.75 Å². The first-order valence-electron chi connectivity index (χ1n) is 20.5. The lowest BCUT2D eigenvalue weighted by Crippen LogP contribution is -2.61. The number of unbranched alkanes of at least 4 members (excludes halogenated alkanes) is 2. The highest BCUT2D eigenvalue weighted by Gasteiger charge is 2.48. The maximum atomic E-state index is 13.2. The van der Waals surface area contributed by atoms with Crippen molar-refractivity contribution in [3.8, 4) is 5.75 Å². The van der Waals surface area contributed by atoms with Crippen LogP contribution in [0, 0.1) is 0 Å². The average molecular weight is 852 g/mol. The predicted molar refractivity (Wildman–Crippen MR) is 222 cm³/mol. The summed E-state index contributed by atoms with van der Waals surface area (Å²) < 4.78 is 24.7. The molecule has 7 atom stereocenters. The number of methoxy groups -OCH3 is 1. The van der Waals surface area contributed by atoms with Crippen molar-refractivity contribution in [3.63, 3.8) is 0 Å². The minimum Gasteiger partial charge on any atom is -0.496 e. The van der Waals surface area contributed by atoms with Gasteiger partial charge in [0.2, 0.25) is 11.9 Å². The van der Waals surface area contributed by atoms with E-state index in [0.29, 0.717) is 50.7 Å². The number of rotatable bonds is 18. The Morgan fingerprint density at radius 3 is 2.52 bits per heavy atom. The third kappa shape index (κ3) is 11.3. The average Bonchev–Trinajstić information content (AvgIpc) is 3.65. The molecule has 2 aliphatic heterocycles. The molecule has 2 fully saturated rings. The van der Waals surface area contributed by atoms with Crippen LogP contribution in [0.15, 0.2) is 54.3 Å². The lowest BCUT2D eigenvalue weighted by Gasteiger charge is -2.40. The third-order valence-electron chi connectivity index (χ3n) is 10.8. The van der Waals surface area contributed by atoms with Gasteiger partial charge in [-0.3, -0.25) is 9.69 Å². The smallest absolute Gasteiger partial charge is 0.410 e. The number of aliphatic hydroxyl groups excluding tert-OH is 3. The van der Waals surface area contributed by atoms with E-state index >= 15 is 0 Å². The molecule has 6 rings (SSSR count). The van der Waals surface area contributed by atoms with Crippen molar-refractivity contribution < 1.29 is 53.8 Å².